The maximum atomic E-state index is 12.6. The van der Waals surface area contributed by atoms with Crippen LogP contribution in [0.4, 0.5) is 0 Å². The SMILES string of the molecule is CC1CCN(S(=O)(=O)c2ccc(OC(C)(C)C)cc2)CC1. The van der Waals surface area contributed by atoms with Crippen molar-refractivity contribution in [2.24, 2.45) is 5.92 Å². The van der Waals surface area contributed by atoms with Crippen molar-refractivity contribution >= 4 is 10.0 Å². The van der Waals surface area contributed by atoms with Gasteiger partial charge in [-0.1, -0.05) is 6.92 Å². The third kappa shape index (κ3) is 4.20. The summed E-state index contributed by atoms with van der Waals surface area (Å²) in [6.07, 6.45) is 1.87. The van der Waals surface area contributed by atoms with E-state index in [2.05, 4.69) is 6.92 Å². The molecule has 4 nitrogen and oxygen atoms in total. The van der Waals surface area contributed by atoms with E-state index >= 15 is 0 Å². The molecule has 0 aromatic heterocycles. The fraction of sp³-hybridized carbons (Fsp3) is 0.625. The summed E-state index contributed by atoms with van der Waals surface area (Å²) in [6.45, 7) is 9.29. The molecule has 0 spiro atoms. The van der Waals surface area contributed by atoms with Crippen LogP contribution in [0.25, 0.3) is 0 Å². The highest BCUT2D eigenvalue weighted by Gasteiger charge is 2.28. The van der Waals surface area contributed by atoms with E-state index in [1.54, 1.807) is 28.6 Å². The topological polar surface area (TPSA) is 46.6 Å². The van der Waals surface area contributed by atoms with Crippen molar-refractivity contribution in [2.75, 3.05) is 13.1 Å². The molecule has 1 aromatic rings. The number of rotatable bonds is 3. The molecule has 1 heterocycles. The van der Waals surface area contributed by atoms with Crippen molar-refractivity contribution in [1.82, 2.24) is 4.31 Å². The molecule has 1 saturated heterocycles. The van der Waals surface area contributed by atoms with Gasteiger partial charge in [0.05, 0.1) is 4.90 Å². The number of sulfonamides is 1. The van der Waals surface area contributed by atoms with Crippen LogP contribution < -0.4 is 4.74 Å². The minimum atomic E-state index is -3.37. The van der Waals surface area contributed by atoms with E-state index in [4.69, 9.17) is 4.74 Å². The van der Waals surface area contributed by atoms with Crippen LogP contribution in [0.3, 0.4) is 0 Å². The maximum absolute atomic E-state index is 12.6. The van der Waals surface area contributed by atoms with Crippen molar-refractivity contribution in [1.29, 1.82) is 0 Å². The second-order valence-electron chi connectivity index (χ2n) is 6.77. The van der Waals surface area contributed by atoms with Crippen LogP contribution in [-0.4, -0.2) is 31.4 Å². The molecule has 0 N–H and O–H groups in total. The van der Waals surface area contributed by atoms with Crippen molar-refractivity contribution in [2.45, 2.75) is 51.0 Å². The van der Waals surface area contributed by atoms with Gasteiger partial charge in [0.25, 0.3) is 0 Å². The van der Waals surface area contributed by atoms with Crippen molar-refractivity contribution in [3.8, 4) is 5.75 Å². The summed E-state index contributed by atoms with van der Waals surface area (Å²) in [7, 11) is -3.37. The summed E-state index contributed by atoms with van der Waals surface area (Å²) >= 11 is 0. The molecule has 118 valence electrons. The molecule has 2 rings (SSSR count). The van der Waals surface area contributed by atoms with Gasteiger partial charge in [-0.2, -0.15) is 4.31 Å². The first-order chi connectivity index (χ1) is 9.68. The fourth-order valence-electron chi connectivity index (χ4n) is 2.41. The van der Waals surface area contributed by atoms with E-state index < -0.39 is 10.0 Å². The van der Waals surface area contributed by atoms with Crippen LogP contribution in [-0.2, 0) is 10.0 Å². The number of nitrogens with zero attached hydrogens (tertiary/aromatic N) is 1. The first kappa shape index (κ1) is 16.3. The Kier molecular flexibility index (Phi) is 4.63. The molecule has 21 heavy (non-hydrogen) atoms. The Morgan fingerprint density at radius 3 is 2.10 bits per heavy atom. The van der Waals surface area contributed by atoms with Gasteiger partial charge in [-0.15, -0.1) is 0 Å². The first-order valence-electron chi connectivity index (χ1n) is 7.48. The third-order valence-corrected chi connectivity index (χ3v) is 5.54. The molecule has 0 amide bonds. The van der Waals surface area contributed by atoms with Crippen LogP contribution >= 0.6 is 0 Å². The zero-order chi connectivity index (χ0) is 15.7. The highest BCUT2D eigenvalue weighted by atomic mass is 32.2. The molecule has 0 radical (unpaired) electrons. The molecule has 1 fully saturated rings. The van der Waals surface area contributed by atoms with Crippen molar-refractivity contribution in [3.05, 3.63) is 24.3 Å². The summed E-state index contributed by atoms with van der Waals surface area (Å²) in [5, 5.41) is 0. The molecule has 0 unspecified atom stereocenters. The molecular weight excluding hydrogens is 286 g/mol. The van der Waals surface area contributed by atoms with Crippen LogP contribution in [0.1, 0.15) is 40.5 Å². The van der Waals surface area contributed by atoms with Gasteiger partial charge in [-0.25, -0.2) is 8.42 Å². The van der Waals surface area contributed by atoms with Gasteiger partial charge in [0.15, 0.2) is 0 Å². The summed E-state index contributed by atoms with van der Waals surface area (Å²) in [5.74, 6) is 1.30. The van der Waals surface area contributed by atoms with Crippen LogP contribution in [0, 0.1) is 5.92 Å². The van der Waals surface area contributed by atoms with E-state index in [9.17, 15) is 8.42 Å². The fourth-order valence-corrected chi connectivity index (χ4v) is 3.88. The van der Waals surface area contributed by atoms with E-state index in [0.717, 1.165) is 12.8 Å². The van der Waals surface area contributed by atoms with E-state index in [-0.39, 0.29) is 5.60 Å². The van der Waals surface area contributed by atoms with E-state index in [0.29, 0.717) is 29.7 Å². The zero-order valence-electron chi connectivity index (χ0n) is 13.3. The Balaban J connectivity index is 2.14. The number of ether oxygens (including phenoxy) is 1. The average Bonchev–Trinajstić information content (AvgIpc) is 2.38. The third-order valence-electron chi connectivity index (χ3n) is 3.63. The minimum absolute atomic E-state index is 0.288. The molecule has 1 aliphatic heterocycles. The van der Waals surface area contributed by atoms with Crippen LogP contribution in [0.15, 0.2) is 29.2 Å². The van der Waals surface area contributed by atoms with Gasteiger partial charge in [-0.3, -0.25) is 0 Å². The summed E-state index contributed by atoms with van der Waals surface area (Å²) < 4.78 is 32.5. The standard InChI is InChI=1S/C16H25NO3S/c1-13-9-11-17(12-10-13)21(18,19)15-7-5-14(6-8-15)20-16(2,3)4/h5-8,13H,9-12H2,1-4H3. The Bertz CT molecular complexity index is 565. The van der Waals surface area contributed by atoms with E-state index in [1.165, 1.54) is 0 Å². The Morgan fingerprint density at radius 1 is 1.10 bits per heavy atom. The number of benzene rings is 1. The van der Waals surface area contributed by atoms with Gasteiger partial charge in [0.1, 0.15) is 11.4 Å². The van der Waals surface area contributed by atoms with Gasteiger partial charge < -0.3 is 4.74 Å². The van der Waals surface area contributed by atoms with Crippen LogP contribution in [0.5, 0.6) is 5.75 Å². The molecule has 0 aliphatic carbocycles. The predicted octanol–water partition coefficient (Wildman–Crippen LogP) is 3.28. The van der Waals surface area contributed by atoms with Crippen LogP contribution in [0.2, 0.25) is 0 Å². The first-order valence-corrected chi connectivity index (χ1v) is 8.92. The highest BCUT2D eigenvalue weighted by molar-refractivity contribution is 7.89. The summed E-state index contributed by atoms with van der Waals surface area (Å²) in [5.41, 5.74) is -0.288. The smallest absolute Gasteiger partial charge is 0.243 e. The number of piperidine rings is 1. The lowest BCUT2D eigenvalue weighted by Gasteiger charge is -2.29. The molecule has 1 aliphatic rings. The maximum Gasteiger partial charge on any atom is 0.243 e. The molecule has 1 aromatic carbocycles. The second kappa shape index (κ2) is 5.97. The normalized spacial score (nSPS) is 18.7. The molecule has 0 saturated carbocycles. The van der Waals surface area contributed by atoms with Gasteiger partial charge in [0.2, 0.25) is 10.0 Å². The minimum Gasteiger partial charge on any atom is -0.488 e. The lowest BCUT2D eigenvalue weighted by atomic mass is 10.0. The lowest BCUT2D eigenvalue weighted by Crippen LogP contribution is -2.37. The monoisotopic (exact) mass is 311 g/mol. The van der Waals surface area contributed by atoms with Crippen molar-refractivity contribution < 1.29 is 13.2 Å². The largest absolute Gasteiger partial charge is 0.488 e. The summed E-state index contributed by atoms with van der Waals surface area (Å²) in [6, 6.07) is 6.72. The highest BCUT2D eigenvalue weighted by Crippen LogP contribution is 2.25. The van der Waals surface area contributed by atoms with Gasteiger partial charge in [0, 0.05) is 13.1 Å². The number of hydrogen-bond donors (Lipinski definition) is 0. The summed E-state index contributed by atoms with van der Waals surface area (Å²) in [4.78, 5) is 0.346. The zero-order valence-corrected chi connectivity index (χ0v) is 14.1. The quantitative estimate of drug-likeness (QED) is 0.860. The molecule has 0 bridgehead atoms. The lowest BCUT2D eigenvalue weighted by molar-refractivity contribution is 0.131. The average molecular weight is 311 g/mol. The van der Waals surface area contributed by atoms with Crippen molar-refractivity contribution in [3.63, 3.8) is 0 Å². The predicted molar refractivity (Wildman–Crippen MR) is 84.0 cm³/mol. The van der Waals surface area contributed by atoms with Gasteiger partial charge >= 0.3 is 0 Å². The Labute approximate surface area is 128 Å². The van der Waals surface area contributed by atoms with Gasteiger partial charge in [-0.05, 0) is 63.8 Å². The number of hydrogen-bond acceptors (Lipinski definition) is 3. The second-order valence-corrected chi connectivity index (χ2v) is 8.71. The molecule has 5 heteroatoms. The van der Waals surface area contributed by atoms with E-state index in [1.807, 2.05) is 20.8 Å². The molecular formula is C16H25NO3S. The Morgan fingerprint density at radius 2 is 1.62 bits per heavy atom. The Hall–Kier alpha value is -1.07. The molecule has 0 atom stereocenters.